The van der Waals surface area contributed by atoms with Gasteiger partial charge in [-0.15, -0.1) is 0 Å². The zero-order valence-corrected chi connectivity index (χ0v) is 11.1. The summed E-state index contributed by atoms with van der Waals surface area (Å²) >= 11 is 0. The molecule has 18 heavy (non-hydrogen) atoms. The van der Waals surface area contributed by atoms with Crippen LogP contribution in [0.15, 0.2) is 24.3 Å². The highest BCUT2D eigenvalue weighted by atomic mass is 16.8. The van der Waals surface area contributed by atoms with Crippen molar-refractivity contribution in [1.82, 2.24) is 0 Å². The Kier molecular flexibility index (Phi) is 2.55. The molecule has 0 N–H and O–H groups in total. The second-order valence-electron chi connectivity index (χ2n) is 6.03. The molecule has 3 aliphatic rings. The molecule has 2 aliphatic carbocycles. The van der Waals surface area contributed by atoms with Crippen LogP contribution in [0, 0.1) is 5.41 Å². The van der Waals surface area contributed by atoms with Gasteiger partial charge in [0.1, 0.15) is 6.10 Å². The third kappa shape index (κ3) is 1.61. The molecule has 0 aromatic heterocycles. The number of ether oxygens (including phenoxy) is 2. The highest BCUT2D eigenvalue weighted by Gasteiger charge is 2.55. The number of carbonyl (C=O) groups excluding carboxylic acids is 1. The molecule has 0 bridgehead atoms. The zero-order chi connectivity index (χ0) is 13.0. The fraction of sp³-hybridized carbons (Fsp3) is 0.667. The average molecular weight is 248 g/mol. The Hall–Kier alpha value is -0.930. The summed E-state index contributed by atoms with van der Waals surface area (Å²) in [6, 6.07) is 0. The molecule has 0 aromatic carbocycles. The van der Waals surface area contributed by atoms with E-state index in [1.54, 1.807) is 0 Å². The maximum absolute atomic E-state index is 12.0. The average Bonchev–Trinajstić information content (AvgIpc) is 2.62. The zero-order valence-electron chi connectivity index (χ0n) is 11.1. The van der Waals surface area contributed by atoms with Crippen molar-refractivity contribution in [2.75, 3.05) is 0 Å². The van der Waals surface area contributed by atoms with Crippen LogP contribution in [-0.2, 0) is 14.3 Å². The van der Waals surface area contributed by atoms with Gasteiger partial charge in [0.05, 0.1) is 6.10 Å². The summed E-state index contributed by atoms with van der Waals surface area (Å²) in [5.74, 6) is -0.380. The molecular weight excluding hydrogens is 228 g/mol. The predicted octanol–water partition coefficient (Wildman–Crippen LogP) is 2.76. The SMILES string of the molecule is C=C1C(=O)CCC[C@@]12C=CC[C@@H]1OC(C)(C)O[C@@H]12. The molecule has 3 heteroatoms. The molecule has 98 valence electrons. The van der Waals surface area contributed by atoms with Crippen molar-refractivity contribution >= 4 is 5.78 Å². The first-order valence-corrected chi connectivity index (χ1v) is 6.70. The van der Waals surface area contributed by atoms with Crippen molar-refractivity contribution in [2.45, 2.75) is 57.5 Å². The fourth-order valence-corrected chi connectivity index (χ4v) is 3.55. The summed E-state index contributed by atoms with van der Waals surface area (Å²) in [5.41, 5.74) is 0.382. The van der Waals surface area contributed by atoms with Crippen LogP contribution in [0.4, 0.5) is 0 Å². The first-order valence-electron chi connectivity index (χ1n) is 6.70. The van der Waals surface area contributed by atoms with E-state index < -0.39 is 5.79 Å². The van der Waals surface area contributed by atoms with E-state index in [1.165, 1.54) is 0 Å². The van der Waals surface area contributed by atoms with Gasteiger partial charge in [0, 0.05) is 17.4 Å². The fourth-order valence-electron chi connectivity index (χ4n) is 3.55. The van der Waals surface area contributed by atoms with Crippen LogP contribution in [0.25, 0.3) is 0 Å². The maximum Gasteiger partial charge on any atom is 0.163 e. The second-order valence-corrected chi connectivity index (χ2v) is 6.03. The smallest absolute Gasteiger partial charge is 0.163 e. The summed E-state index contributed by atoms with van der Waals surface area (Å²) in [6.45, 7) is 7.92. The number of hydrogen-bond donors (Lipinski definition) is 0. The van der Waals surface area contributed by atoms with Crippen molar-refractivity contribution in [2.24, 2.45) is 5.41 Å². The standard InChI is InChI=1S/C15H20O3/c1-10-11(16)6-4-8-15(10)9-5-7-12-13(15)18-14(2,3)17-12/h5,9,12-13H,1,4,6-8H2,2-3H3/t12-,13-,15+/m0/s1. The quantitative estimate of drug-likeness (QED) is 0.488. The highest BCUT2D eigenvalue weighted by Crippen LogP contribution is 2.51. The first-order chi connectivity index (χ1) is 8.45. The highest BCUT2D eigenvalue weighted by molar-refractivity contribution is 5.97. The minimum atomic E-state index is -0.560. The first kappa shape index (κ1) is 12.1. The van der Waals surface area contributed by atoms with Crippen LogP contribution in [0.3, 0.4) is 0 Å². The number of Topliss-reactive ketones (excluding diaryl/α,β-unsaturated/α-hetero) is 1. The number of ketones is 1. The minimum Gasteiger partial charge on any atom is -0.344 e. The van der Waals surface area contributed by atoms with E-state index in [2.05, 4.69) is 18.7 Å². The Morgan fingerprint density at radius 3 is 2.94 bits per heavy atom. The van der Waals surface area contributed by atoms with Gasteiger partial charge in [0.15, 0.2) is 11.6 Å². The molecule has 1 heterocycles. The number of carbonyl (C=O) groups is 1. The topological polar surface area (TPSA) is 35.5 Å². The minimum absolute atomic E-state index is 0.0487. The van der Waals surface area contributed by atoms with Crippen LogP contribution >= 0.6 is 0 Å². The Morgan fingerprint density at radius 1 is 1.39 bits per heavy atom. The molecule has 3 nitrogen and oxygen atoms in total. The lowest BCUT2D eigenvalue weighted by molar-refractivity contribution is -0.153. The van der Waals surface area contributed by atoms with Gasteiger partial charge >= 0.3 is 0 Å². The van der Waals surface area contributed by atoms with Gasteiger partial charge in [-0.3, -0.25) is 4.79 Å². The summed E-state index contributed by atoms with van der Waals surface area (Å²) in [5, 5.41) is 0. The molecule has 1 spiro atoms. The molecule has 1 saturated carbocycles. The Balaban J connectivity index is 2.00. The predicted molar refractivity (Wildman–Crippen MR) is 68.0 cm³/mol. The van der Waals surface area contributed by atoms with Gasteiger partial charge in [-0.25, -0.2) is 0 Å². The lowest BCUT2D eigenvalue weighted by Crippen LogP contribution is -2.47. The van der Waals surface area contributed by atoms with Crippen LogP contribution < -0.4 is 0 Å². The Labute approximate surface area is 108 Å². The molecule has 1 saturated heterocycles. The normalized spacial score (nSPS) is 42.3. The third-order valence-corrected chi connectivity index (χ3v) is 4.37. The van der Waals surface area contributed by atoms with Crippen molar-refractivity contribution < 1.29 is 14.3 Å². The number of rotatable bonds is 0. The second kappa shape index (κ2) is 3.78. The maximum atomic E-state index is 12.0. The third-order valence-electron chi connectivity index (χ3n) is 4.37. The summed E-state index contributed by atoms with van der Waals surface area (Å²) in [4.78, 5) is 12.0. The molecule has 3 atom stereocenters. The lowest BCUT2D eigenvalue weighted by atomic mass is 9.63. The van der Waals surface area contributed by atoms with Crippen LogP contribution in [0.1, 0.15) is 39.5 Å². The molecule has 1 aliphatic heterocycles. The summed E-state index contributed by atoms with van der Waals surface area (Å²) in [7, 11) is 0. The van der Waals surface area contributed by atoms with E-state index in [0.717, 1.165) is 19.3 Å². The molecule has 2 fully saturated rings. The van der Waals surface area contributed by atoms with E-state index in [0.29, 0.717) is 12.0 Å². The van der Waals surface area contributed by atoms with Crippen LogP contribution in [0.5, 0.6) is 0 Å². The van der Waals surface area contributed by atoms with E-state index in [-0.39, 0.29) is 23.4 Å². The molecule has 0 amide bonds. The number of hydrogen-bond acceptors (Lipinski definition) is 3. The monoisotopic (exact) mass is 248 g/mol. The van der Waals surface area contributed by atoms with E-state index in [9.17, 15) is 4.79 Å². The van der Waals surface area contributed by atoms with Crippen molar-refractivity contribution in [3.8, 4) is 0 Å². The van der Waals surface area contributed by atoms with Crippen LogP contribution in [-0.4, -0.2) is 23.8 Å². The molecule has 0 unspecified atom stereocenters. The summed E-state index contributed by atoms with van der Waals surface area (Å²) in [6.07, 6.45) is 7.58. The lowest BCUT2D eigenvalue weighted by Gasteiger charge is -2.43. The largest absolute Gasteiger partial charge is 0.344 e. The van der Waals surface area contributed by atoms with E-state index in [1.807, 2.05) is 13.8 Å². The van der Waals surface area contributed by atoms with Crippen molar-refractivity contribution in [3.05, 3.63) is 24.3 Å². The van der Waals surface area contributed by atoms with Crippen LogP contribution in [0.2, 0.25) is 0 Å². The van der Waals surface area contributed by atoms with Crippen molar-refractivity contribution in [3.63, 3.8) is 0 Å². The van der Waals surface area contributed by atoms with E-state index in [4.69, 9.17) is 9.47 Å². The molecule has 0 radical (unpaired) electrons. The molecular formula is C15H20O3. The molecule has 0 aromatic rings. The summed E-state index contributed by atoms with van der Waals surface area (Å²) < 4.78 is 12.0. The Bertz CT molecular complexity index is 435. The van der Waals surface area contributed by atoms with Gasteiger partial charge in [0.2, 0.25) is 0 Å². The van der Waals surface area contributed by atoms with Gasteiger partial charge in [-0.2, -0.15) is 0 Å². The molecule has 3 rings (SSSR count). The van der Waals surface area contributed by atoms with Gasteiger partial charge in [-0.05, 0) is 33.1 Å². The van der Waals surface area contributed by atoms with Gasteiger partial charge < -0.3 is 9.47 Å². The van der Waals surface area contributed by atoms with Crippen molar-refractivity contribution in [1.29, 1.82) is 0 Å². The number of fused-ring (bicyclic) bond motifs is 2. The van der Waals surface area contributed by atoms with Gasteiger partial charge in [-0.1, -0.05) is 18.7 Å². The van der Waals surface area contributed by atoms with E-state index >= 15 is 0 Å². The van der Waals surface area contributed by atoms with Gasteiger partial charge in [0.25, 0.3) is 0 Å². The Morgan fingerprint density at radius 2 is 2.17 bits per heavy atom.